The summed E-state index contributed by atoms with van der Waals surface area (Å²) in [5.74, 6) is 2.53. The maximum atomic E-state index is 11.6. The van der Waals surface area contributed by atoms with Crippen molar-refractivity contribution in [2.45, 2.75) is 33.1 Å². The molecule has 0 saturated carbocycles. The first-order chi connectivity index (χ1) is 6.65. The number of likely N-dealkylation sites (tertiary alicyclic amines) is 1. The van der Waals surface area contributed by atoms with Gasteiger partial charge in [0.05, 0.1) is 0 Å². The molecule has 14 heavy (non-hydrogen) atoms. The molecular weight excluding hydrogens is 194 g/mol. The van der Waals surface area contributed by atoms with Gasteiger partial charge in [0.25, 0.3) is 0 Å². The molecule has 0 radical (unpaired) electrons. The minimum Gasteiger partial charge on any atom is -0.343 e. The van der Waals surface area contributed by atoms with Crippen LogP contribution in [-0.2, 0) is 4.79 Å². The van der Waals surface area contributed by atoms with Crippen molar-refractivity contribution in [1.82, 2.24) is 4.90 Å². The molecule has 0 aliphatic carbocycles. The summed E-state index contributed by atoms with van der Waals surface area (Å²) in [6, 6.07) is 0. The normalized spacial score (nSPS) is 19.0. The number of hydrogen-bond donors (Lipinski definition) is 1. The van der Waals surface area contributed by atoms with Crippen molar-refractivity contribution in [2.75, 3.05) is 18.8 Å². The summed E-state index contributed by atoms with van der Waals surface area (Å²) in [6.07, 6.45) is 2.95. The van der Waals surface area contributed by atoms with Gasteiger partial charge in [-0.25, -0.2) is 0 Å². The molecule has 0 bridgehead atoms. The Hall–Kier alpha value is -0.180. The van der Waals surface area contributed by atoms with E-state index in [1.807, 2.05) is 4.90 Å². The molecule has 0 N–H and O–H groups in total. The Morgan fingerprint density at radius 1 is 1.43 bits per heavy atom. The molecule has 0 spiro atoms. The average molecular weight is 215 g/mol. The van der Waals surface area contributed by atoms with Gasteiger partial charge in [-0.05, 0) is 30.4 Å². The Balaban J connectivity index is 2.31. The van der Waals surface area contributed by atoms with Crippen LogP contribution in [0.25, 0.3) is 0 Å². The van der Waals surface area contributed by atoms with Gasteiger partial charge in [0, 0.05) is 19.5 Å². The molecule has 0 aromatic carbocycles. The van der Waals surface area contributed by atoms with Gasteiger partial charge in [-0.15, -0.1) is 0 Å². The van der Waals surface area contributed by atoms with Gasteiger partial charge in [-0.3, -0.25) is 4.79 Å². The third-order valence-electron chi connectivity index (χ3n) is 3.16. The zero-order valence-electron chi connectivity index (χ0n) is 9.20. The molecule has 1 aliphatic heterocycles. The van der Waals surface area contributed by atoms with E-state index in [9.17, 15) is 4.79 Å². The Morgan fingerprint density at radius 3 is 2.43 bits per heavy atom. The number of hydrogen-bond acceptors (Lipinski definition) is 2. The average Bonchev–Trinajstić information content (AvgIpc) is 2.18. The van der Waals surface area contributed by atoms with Crippen LogP contribution >= 0.6 is 12.6 Å². The lowest BCUT2D eigenvalue weighted by molar-refractivity contribution is -0.132. The van der Waals surface area contributed by atoms with Crippen molar-refractivity contribution in [3.8, 4) is 0 Å². The molecule has 1 aliphatic rings. The van der Waals surface area contributed by atoms with Crippen LogP contribution in [-0.4, -0.2) is 29.6 Å². The maximum absolute atomic E-state index is 11.6. The van der Waals surface area contributed by atoms with Gasteiger partial charge in [0.1, 0.15) is 0 Å². The third-order valence-corrected chi connectivity index (χ3v) is 3.38. The summed E-state index contributed by atoms with van der Waals surface area (Å²) in [5, 5.41) is 0. The first-order valence-corrected chi connectivity index (χ1v) is 6.17. The van der Waals surface area contributed by atoms with E-state index in [0.717, 1.165) is 24.9 Å². The van der Waals surface area contributed by atoms with Crippen LogP contribution in [0, 0.1) is 11.8 Å². The van der Waals surface area contributed by atoms with Gasteiger partial charge >= 0.3 is 0 Å². The van der Waals surface area contributed by atoms with Crippen LogP contribution in [0.15, 0.2) is 0 Å². The Bertz CT molecular complexity index is 186. The summed E-state index contributed by atoms with van der Waals surface area (Å²) in [7, 11) is 0. The molecule has 1 fully saturated rings. The van der Waals surface area contributed by atoms with Crippen LogP contribution in [0.3, 0.4) is 0 Å². The summed E-state index contributed by atoms with van der Waals surface area (Å²) < 4.78 is 0. The fourth-order valence-electron chi connectivity index (χ4n) is 2.07. The summed E-state index contributed by atoms with van der Waals surface area (Å²) in [4.78, 5) is 13.5. The topological polar surface area (TPSA) is 20.3 Å². The van der Waals surface area contributed by atoms with Crippen molar-refractivity contribution < 1.29 is 4.79 Å². The molecule has 1 amide bonds. The molecule has 0 aromatic rings. The Kier molecular flexibility index (Phi) is 4.79. The van der Waals surface area contributed by atoms with E-state index < -0.39 is 0 Å². The van der Waals surface area contributed by atoms with Crippen LogP contribution in [0.1, 0.15) is 33.1 Å². The number of carbonyl (C=O) groups is 1. The first-order valence-electron chi connectivity index (χ1n) is 5.53. The van der Waals surface area contributed by atoms with Gasteiger partial charge in [-0.2, -0.15) is 12.6 Å². The highest BCUT2D eigenvalue weighted by atomic mass is 32.1. The molecule has 1 rings (SSSR count). The quantitative estimate of drug-likeness (QED) is 0.716. The largest absolute Gasteiger partial charge is 0.343 e. The monoisotopic (exact) mass is 215 g/mol. The number of nitrogens with zero attached hydrogens (tertiary/aromatic N) is 1. The second-order valence-corrected chi connectivity index (χ2v) is 4.88. The highest BCUT2D eigenvalue weighted by Gasteiger charge is 2.23. The molecule has 2 nitrogen and oxygen atoms in total. The molecule has 0 unspecified atom stereocenters. The third kappa shape index (κ3) is 3.19. The predicted molar refractivity (Wildman–Crippen MR) is 62.6 cm³/mol. The van der Waals surface area contributed by atoms with Crippen LogP contribution < -0.4 is 0 Å². The van der Waals surface area contributed by atoms with Crippen LogP contribution in [0.2, 0.25) is 0 Å². The van der Waals surface area contributed by atoms with Gasteiger partial charge < -0.3 is 4.90 Å². The van der Waals surface area contributed by atoms with Crippen LogP contribution in [0.5, 0.6) is 0 Å². The lowest BCUT2D eigenvalue weighted by atomic mass is 9.87. The summed E-state index contributed by atoms with van der Waals surface area (Å²) in [5.41, 5.74) is 0. The minimum absolute atomic E-state index is 0.280. The van der Waals surface area contributed by atoms with Crippen molar-refractivity contribution in [1.29, 1.82) is 0 Å². The maximum Gasteiger partial charge on any atom is 0.223 e. The zero-order chi connectivity index (χ0) is 10.6. The van der Waals surface area contributed by atoms with E-state index in [4.69, 9.17) is 0 Å². The van der Waals surface area contributed by atoms with Crippen molar-refractivity contribution >= 4 is 18.5 Å². The van der Waals surface area contributed by atoms with E-state index >= 15 is 0 Å². The highest BCUT2D eigenvalue weighted by molar-refractivity contribution is 7.80. The summed E-state index contributed by atoms with van der Waals surface area (Å²) >= 11 is 4.08. The summed E-state index contributed by atoms with van der Waals surface area (Å²) in [6.45, 7) is 6.46. The predicted octanol–water partition coefficient (Wildman–Crippen LogP) is 2.20. The second-order valence-electron chi connectivity index (χ2n) is 4.44. The molecule has 0 atom stereocenters. The second kappa shape index (κ2) is 5.64. The van der Waals surface area contributed by atoms with Gasteiger partial charge in [0.2, 0.25) is 5.91 Å². The number of carbonyl (C=O) groups excluding carboxylic acids is 1. The standard InChI is InChI=1S/C11H21NOS/c1-9(2)10-3-6-12(7-4-10)11(13)5-8-14/h9-10,14H,3-8H2,1-2H3. The lowest BCUT2D eigenvalue weighted by Crippen LogP contribution is -2.39. The Morgan fingerprint density at radius 2 is 2.00 bits per heavy atom. The van der Waals surface area contributed by atoms with E-state index in [-0.39, 0.29) is 5.91 Å². The highest BCUT2D eigenvalue weighted by Crippen LogP contribution is 2.24. The lowest BCUT2D eigenvalue weighted by Gasteiger charge is -2.33. The first kappa shape index (κ1) is 11.9. The molecule has 82 valence electrons. The molecule has 1 saturated heterocycles. The molecule has 0 aromatic heterocycles. The minimum atomic E-state index is 0.280. The van der Waals surface area contributed by atoms with Crippen molar-refractivity contribution in [2.24, 2.45) is 11.8 Å². The van der Waals surface area contributed by atoms with Gasteiger partial charge in [0.15, 0.2) is 0 Å². The van der Waals surface area contributed by atoms with E-state index in [0.29, 0.717) is 12.2 Å². The van der Waals surface area contributed by atoms with E-state index in [1.54, 1.807) is 0 Å². The van der Waals surface area contributed by atoms with Crippen LogP contribution in [0.4, 0.5) is 0 Å². The fourth-order valence-corrected chi connectivity index (χ4v) is 2.26. The number of thiol groups is 1. The SMILES string of the molecule is CC(C)C1CCN(C(=O)CCS)CC1. The van der Waals surface area contributed by atoms with Gasteiger partial charge in [-0.1, -0.05) is 13.8 Å². The van der Waals surface area contributed by atoms with Crippen molar-refractivity contribution in [3.05, 3.63) is 0 Å². The Labute approximate surface area is 92.5 Å². The number of rotatable bonds is 3. The zero-order valence-corrected chi connectivity index (χ0v) is 10.1. The number of piperidine rings is 1. The van der Waals surface area contributed by atoms with Crippen molar-refractivity contribution in [3.63, 3.8) is 0 Å². The van der Waals surface area contributed by atoms with E-state index in [1.165, 1.54) is 12.8 Å². The number of amides is 1. The molecular formula is C11H21NOS. The van der Waals surface area contributed by atoms with E-state index in [2.05, 4.69) is 26.5 Å². The fraction of sp³-hybridized carbons (Fsp3) is 0.909. The molecule has 1 heterocycles. The molecule has 3 heteroatoms. The smallest absolute Gasteiger partial charge is 0.223 e.